The van der Waals surface area contributed by atoms with E-state index in [1.807, 2.05) is 60.7 Å². The standard InChI is InChI=1S/C22H24O4/c23-21(24)20(18-14-8-3-9-15-18)26-22(25)19(16-10-4-1-5-11-16)17-12-6-2-7-13-17/h1-2,4-7,10-13,18-20H,3,8-9,14-15H2,(H,23,24). The van der Waals surface area contributed by atoms with Crippen molar-refractivity contribution in [2.75, 3.05) is 0 Å². The van der Waals surface area contributed by atoms with E-state index < -0.39 is 24.0 Å². The Hall–Kier alpha value is -2.62. The van der Waals surface area contributed by atoms with Crippen LogP contribution >= 0.6 is 0 Å². The van der Waals surface area contributed by atoms with Crippen LogP contribution in [0.1, 0.15) is 49.1 Å². The Balaban J connectivity index is 1.86. The summed E-state index contributed by atoms with van der Waals surface area (Å²) in [5.41, 5.74) is 1.60. The molecule has 4 heteroatoms. The summed E-state index contributed by atoms with van der Waals surface area (Å²) in [4.78, 5) is 24.8. The van der Waals surface area contributed by atoms with Crippen molar-refractivity contribution in [2.45, 2.75) is 44.1 Å². The van der Waals surface area contributed by atoms with E-state index in [1.165, 1.54) is 0 Å². The maximum atomic E-state index is 13.0. The van der Waals surface area contributed by atoms with Gasteiger partial charge in [0, 0.05) is 5.92 Å². The van der Waals surface area contributed by atoms with Crippen molar-refractivity contribution in [3.63, 3.8) is 0 Å². The van der Waals surface area contributed by atoms with E-state index >= 15 is 0 Å². The highest BCUT2D eigenvalue weighted by atomic mass is 16.6. The van der Waals surface area contributed by atoms with Crippen molar-refractivity contribution in [2.24, 2.45) is 5.92 Å². The fraction of sp³-hybridized carbons (Fsp3) is 0.364. The number of hydrogen-bond acceptors (Lipinski definition) is 3. The topological polar surface area (TPSA) is 63.6 Å². The van der Waals surface area contributed by atoms with Crippen LogP contribution < -0.4 is 0 Å². The molecule has 2 aromatic carbocycles. The van der Waals surface area contributed by atoms with E-state index in [0.29, 0.717) is 0 Å². The SMILES string of the molecule is O=C(OC(C(=O)O)C1CCCCC1)C(c1ccccc1)c1ccccc1. The van der Waals surface area contributed by atoms with Gasteiger partial charge in [0.05, 0.1) is 0 Å². The summed E-state index contributed by atoms with van der Waals surface area (Å²) in [6.07, 6.45) is 3.63. The van der Waals surface area contributed by atoms with Crippen LogP contribution in [0.5, 0.6) is 0 Å². The first-order valence-corrected chi connectivity index (χ1v) is 9.20. The molecule has 0 aromatic heterocycles. The largest absolute Gasteiger partial charge is 0.478 e. The molecule has 136 valence electrons. The molecule has 3 rings (SSSR count). The predicted molar refractivity (Wildman–Crippen MR) is 98.8 cm³/mol. The van der Waals surface area contributed by atoms with E-state index in [1.54, 1.807) is 0 Å². The molecule has 0 radical (unpaired) electrons. The minimum absolute atomic E-state index is 0.0996. The lowest BCUT2D eigenvalue weighted by Gasteiger charge is -2.28. The maximum absolute atomic E-state index is 13.0. The molecule has 2 aromatic rings. The molecule has 1 N–H and O–H groups in total. The zero-order valence-electron chi connectivity index (χ0n) is 14.7. The summed E-state index contributed by atoms with van der Waals surface area (Å²) in [6.45, 7) is 0. The monoisotopic (exact) mass is 352 g/mol. The van der Waals surface area contributed by atoms with E-state index in [4.69, 9.17) is 4.74 Å². The highest BCUT2D eigenvalue weighted by Gasteiger charge is 2.35. The quantitative estimate of drug-likeness (QED) is 0.783. The van der Waals surface area contributed by atoms with Crippen molar-refractivity contribution >= 4 is 11.9 Å². The Bertz CT molecular complexity index is 681. The Morgan fingerprint density at radius 1 is 0.846 bits per heavy atom. The summed E-state index contributed by atoms with van der Waals surface area (Å²) >= 11 is 0. The summed E-state index contributed by atoms with van der Waals surface area (Å²) in [5.74, 6) is -2.27. The molecule has 0 heterocycles. The minimum atomic E-state index is -1.07. The average Bonchev–Trinajstić information content (AvgIpc) is 2.68. The zero-order chi connectivity index (χ0) is 18.4. The lowest BCUT2D eigenvalue weighted by Crippen LogP contribution is -2.37. The first-order valence-electron chi connectivity index (χ1n) is 9.20. The molecule has 26 heavy (non-hydrogen) atoms. The van der Waals surface area contributed by atoms with Gasteiger partial charge in [-0.15, -0.1) is 0 Å². The van der Waals surface area contributed by atoms with Crippen LogP contribution in [-0.2, 0) is 14.3 Å². The van der Waals surface area contributed by atoms with Gasteiger partial charge in [-0.05, 0) is 24.0 Å². The number of hydrogen-bond donors (Lipinski definition) is 1. The maximum Gasteiger partial charge on any atom is 0.345 e. The van der Waals surface area contributed by atoms with Crippen molar-refractivity contribution < 1.29 is 19.4 Å². The number of carbonyl (C=O) groups excluding carboxylic acids is 1. The van der Waals surface area contributed by atoms with E-state index in [0.717, 1.165) is 43.2 Å². The number of carboxylic acids is 1. The van der Waals surface area contributed by atoms with Gasteiger partial charge in [0.15, 0.2) is 0 Å². The third kappa shape index (κ3) is 4.31. The normalized spacial score (nSPS) is 16.2. The number of carboxylic acid groups (broad SMARTS) is 1. The molecule has 0 bridgehead atoms. The zero-order valence-corrected chi connectivity index (χ0v) is 14.7. The van der Waals surface area contributed by atoms with Crippen molar-refractivity contribution in [3.05, 3.63) is 71.8 Å². The first kappa shape index (κ1) is 18.2. The molecule has 0 spiro atoms. The molecule has 1 atom stereocenters. The average molecular weight is 352 g/mol. The van der Waals surface area contributed by atoms with Gasteiger partial charge in [0.2, 0.25) is 6.10 Å². The second-order valence-corrected chi connectivity index (χ2v) is 6.85. The highest BCUT2D eigenvalue weighted by molar-refractivity contribution is 5.85. The number of ether oxygens (including phenoxy) is 1. The van der Waals surface area contributed by atoms with E-state index in [9.17, 15) is 14.7 Å². The van der Waals surface area contributed by atoms with Crippen molar-refractivity contribution in [1.29, 1.82) is 0 Å². The van der Waals surface area contributed by atoms with Crippen LogP contribution in [-0.4, -0.2) is 23.1 Å². The Kier molecular flexibility index (Phi) is 6.05. The predicted octanol–water partition coefficient (Wildman–Crippen LogP) is 4.40. The Morgan fingerprint density at radius 2 is 1.35 bits per heavy atom. The molecule has 0 saturated heterocycles. The van der Waals surface area contributed by atoms with E-state index in [-0.39, 0.29) is 5.92 Å². The van der Waals surface area contributed by atoms with Crippen molar-refractivity contribution in [1.82, 2.24) is 0 Å². The fourth-order valence-corrected chi connectivity index (χ4v) is 3.73. The number of benzene rings is 2. The summed E-state index contributed by atoms with van der Waals surface area (Å²) in [7, 11) is 0. The third-order valence-corrected chi connectivity index (χ3v) is 5.07. The lowest BCUT2D eigenvalue weighted by atomic mass is 9.85. The van der Waals surface area contributed by atoms with Crippen LogP contribution in [0.3, 0.4) is 0 Å². The number of aliphatic carboxylic acids is 1. The van der Waals surface area contributed by atoms with Crippen LogP contribution in [0, 0.1) is 5.92 Å². The van der Waals surface area contributed by atoms with Crippen molar-refractivity contribution in [3.8, 4) is 0 Å². The van der Waals surface area contributed by atoms with Gasteiger partial charge in [-0.25, -0.2) is 4.79 Å². The van der Waals surface area contributed by atoms with Crippen LogP contribution in [0.2, 0.25) is 0 Å². The second kappa shape index (κ2) is 8.65. The number of esters is 1. The summed E-state index contributed by atoms with van der Waals surface area (Å²) in [5, 5.41) is 9.62. The fourth-order valence-electron chi connectivity index (χ4n) is 3.73. The number of carbonyl (C=O) groups is 2. The highest BCUT2D eigenvalue weighted by Crippen LogP contribution is 2.31. The molecule has 0 aliphatic heterocycles. The molecule has 1 fully saturated rings. The third-order valence-electron chi connectivity index (χ3n) is 5.07. The molecule has 0 amide bonds. The minimum Gasteiger partial charge on any atom is -0.478 e. The second-order valence-electron chi connectivity index (χ2n) is 6.85. The van der Waals surface area contributed by atoms with Gasteiger partial charge in [0.25, 0.3) is 0 Å². The molecule has 4 nitrogen and oxygen atoms in total. The molecule has 1 aliphatic carbocycles. The molecule has 1 unspecified atom stereocenters. The van der Waals surface area contributed by atoms with Gasteiger partial charge in [-0.1, -0.05) is 79.9 Å². The Morgan fingerprint density at radius 3 is 1.81 bits per heavy atom. The van der Waals surface area contributed by atoms with Crippen LogP contribution in [0.25, 0.3) is 0 Å². The molecular formula is C22H24O4. The van der Waals surface area contributed by atoms with E-state index in [2.05, 4.69) is 0 Å². The first-order chi connectivity index (χ1) is 12.7. The smallest absolute Gasteiger partial charge is 0.345 e. The van der Waals surface area contributed by atoms with Gasteiger partial charge >= 0.3 is 11.9 Å². The molecule has 1 saturated carbocycles. The Labute approximate surface area is 153 Å². The van der Waals surface area contributed by atoms with Gasteiger partial charge < -0.3 is 9.84 Å². The molecular weight excluding hydrogens is 328 g/mol. The summed E-state index contributed by atoms with van der Waals surface area (Å²) < 4.78 is 5.58. The lowest BCUT2D eigenvalue weighted by molar-refractivity contribution is -0.169. The van der Waals surface area contributed by atoms with Gasteiger partial charge in [-0.3, -0.25) is 4.79 Å². The van der Waals surface area contributed by atoms with Gasteiger partial charge in [0.1, 0.15) is 5.92 Å². The van der Waals surface area contributed by atoms with Crippen LogP contribution in [0.15, 0.2) is 60.7 Å². The molecule has 1 aliphatic rings. The van der Waals surface area contributed by atoms with Gasteiger partial charge in [-0.2, -0.15) is 0 Å². The summed E-state index contributed by atoms with van der Waals surface area (Å²) in [6, 6.07) is 18.7. The number of rotatable bonds is 6. The van der Waals surface area contributed by atoms with Crippen LogP contribution in [0.4, 0.5) is 0 Å².